The van der Waals surface area contributed by atoms with Crippen LogP contribution in [-0.2, 0) is 6.42 Å². The third-order valence-electron chi connectivity index (χ3n) is 4.91. The van der Waals surface area contributed by atoms with E-state index in [-0.39, 0.29) is 0 Å². The first-order valence-electron chi connectivity index (χ1n) is 7.81. The maximum atomic E-state index is 9.21. The molecule has 0 radical (unpaired) electrons. The fraction of sp³-hybridized carbons (Fsp3) is 0.647. The minimum Gasteiger partial charge on any atom is -0.396 e. The van der Waals surface area contributed by atoms with Gasteiger partial charge in [0.1, 0.15) is 0 Å². The Morgan fingerprint density at radius 1 is 1.05 bits per heavy atom. The average molecular weight is 259 g/mol. The molecule has 19 heavy (non-hydrogen) atoms. The minimum absolute atomic E-state index is 0.374. The summed E-state index contributed by atoms with van der Waals surface area (Å²) in [6.07, 6.45) is 8.64. The van der Waals surface area contributed by atoms with Crippen LogP contribution >= 0.6 is 0 Å². The first-order chi connectivity index (χ1) is 9.36. The van der Waals surface area contributed by atoms with Crippen molar-refractivity contribution in [2.75, 3.05) is 6.61 Å². The summed E-state index contributed by atoms with van der Waals surface area (Å²) in [6, 6.07) is 10.1. The quantitative estimate of drug-likeness (QED) is 0.873. The van der Waals surface area contributed by atoms with Gasteiger partial charge >= 0.3 is 0 Å². The zero-order valence-electron chi connectivity index (χ0n) is 11.6. The van der Waals surface area contributed by atoms with Crippen molar-refractivity contribution in [1.82, 2.24) is 5.32 Å². The van der Waals surface area contributed by atoms with Gasteiger partial charge in [0.25, 0.3) is 0 Å². The third kappa shape index (κ3) is 3.01. The molecule has 2 aliphatic carbocycles. The molecule has 0 heterocycles. The number of benzene rings is 1. The van der Waals surface area contributed by atoms with Gasteiger partial charge in [-0.3, -0.25) is 0 Å². The molecule has 1 unspecified atom stereocenters. The molecule has 0 saturated heterocycles. The molecule has 0 bridgehead atoms. The third-order valence-corrected chi connectivity index (χ3v) is 4.91. The van der Waals surface area contributed by atoms with E-state index in [0.29, 0.717) is 24.6 Å². The second-order valence-electron chi connectivity index (χ2n) is 6.21. The number of fused-ring (bicyclic) bond motifs is 1. The van der Waals surface area contributed by atoms with Crippen LogP contribution in [0.5, 0.6) is 0 Å². The van der Waals surface area contributed by atoms with Crippen molar-refractivity contribution in [1.29, 1.82) is 0 Å². The number of nitrogens with one attached hydrogen (secondary N) is 1. The molecule has 1 aromatic carbocycles. The van der Waals surface area contributed by atoms with Crippen LogP contribution in [0.15, 0.2) is 24.3 Å². The van der Waals surface area contributed by atoms with Crippen LogP contribution in [0.1, 0.15) is 55.7 Å². The number of rotatable bonds is 3. The standard InChI is InChI=1S/C17H25NO/c19-12-13-8-10-15(11-9-13)18-17-7-3-5-14-4-1-2-6-16(14)17/h1-2,4,6,13,15,17-19H,3,5,7-12H2. The lowest BCUT2D eigenvalue weighted by Gasteiger charge is -2.34. The van der Waals surface area contributed by atoms with Crippen molar-refractivity contribution >= 4 is 0 Å². The van der Waals surface area contributed by atoms with Gasteiger partial charge in [0, 0.05) is 18.7 Å². The van der Waals surface area contributed by atoms with Gasteiger partial charge in [0.05, 0.1) is 0 Å². The lowest BCUT2D eigenvalue weighted by Crippen LogP contribution is -2.37. The Labute approximate surface area is 116 Å². The maximum absolute atomic E-state index is 9.21. The van der Waals surface area contributed by atoms with Gasteiger partial charge in [-0.15, -0.1) is 0 Å². The van der Waals surface area contributed by atoms with Crippen LogP contribution < -0.4 is 5.32 Å². The Hall–Kier alpha value is -0.860. The van der Waals surface area contributed by atoms with Crippen molar-refractivity contribution in [3.05, 3.63) is 35.4 Å². The smallest absolute Gasteiger partial charge is 0.0459 e. The van der Waals surface area contributed by atoms with E-state index in [4.69, 9.17) is 0 Å². The molecule has 3 rings (SSSR count). The van der Waals surface area contributed by atoms with Gasteiger partial charge in [0.15, 0.2) is 0 Å². The highest BCUT2D eigenvalue weighted by molar-refractivity contribution is 5.32. The topological polar surface area (TPSA) is 32.3 Å². The fourth-order valence-corrected chi connectivity index (χ4v) is 3.72. The molecule has 2 nitrogen and oxygen atoms in total. The van der Waals surface area contributed by atoms with Crippen LogP contribution in [0.25, 0.3) is 0 Å². The highest BCUT2D eigenvalue weighted by atomic mass is 16.3. The van der Waals surface area contributed by atoms with Crippen molar-refractivity contribution in [3.63, 3.8) is 0 Å². The normalized spacial score (nSPS) is 30.9. The predicted molar refractivity (Wildman–Crippen MR) is 78.1 cm³/mol. The zero-order chi connectivity index (χ0) is 13.1. The molecule has 0 spiro atoms. The summed E-state index contributed by atoms with van der Waals surface area (Å²) in [5.74, 6) is 0.552. The summed E-state index contributed by atoms with van der Waals surface area (Å²) in [5.41, 5.74) is 3.06. The van der Waals surface area contributed by atoms with Crippen LogP contribution in [0.3, 0.4) is 0 Å². The van der Waals surface area contributed by atoms with E-state index in [0.717, 1.165) is 0 Å². The number of aliphatic hydroxyl groups is 1. The van der Waals surface area contributed by atoms with Gasteiger partial charge < -0.3 is 10.4 Å². The fourth-order valence-electron chi connectivity index (χ4n) is 3.72. The summed E-state index contributed by atoms with van der Waals surface area (Å²) in [6.45, 7) is 0.374. The second kappa shape index (κ2) is 6.06. The minimum atomic E-state index is 0.374. The molecule has 0 aliphatic heterocycles. The van der Waals surface area contributed by atoms with Crippen LogP contribution in [-0.4, -0.2) is 17.8 Å². The van der Waals surface area contributed by atoms with Gasteiger partial charge in [-0.2, -0.15) is 0 Å². The van der Waals surface area contributed by atoms with Crippen LogP contribution in [0.2, 0.25) is 0 Å². The Balaban J connectivity index is 1.62. The molecule has 1 aromatic rings. The van der Waals surface area contributed by atoms with Crippen molar-refractivity contribution in [2.24, 2.45) is 5.92 Å². The lowest BCUT2D eigenvalue weighted by molar-refractivity contribution is 0.170. The first kappa shape index (κ1) is 13.1. The van der Waals surface area contributed by atoms with E-state index in [1.165, 1.54) is 56.1 Å². The van der Waals surface area contributed by atoms with Crippen molar-refractivity contribution in [3.8, 4) is 0 Å². The van der Waals surface area contributed by atoms with Gasteiger partial charge in [-0.05, 0) is 62.0 Å². The average Bonchev–Trinajstić information content (AvgIpc) is 2.48. The Kier molecular flexibility index (Phi) is 4.19. The molecule has 2 heteroatoms. The molecule has 1 atom stereocenters. The summed E-state index contributed by atoms with van der Waals surface area (Å²) in [4.78, 5) is 0. The van der Waals surface area contributed by atoms with E-state index in [2.05, 4.69) is 29.6 Å². The SMILES string of the molecule is OCC1CCC(NC2CCCc3ccccc32)CC1. The molecule has 2 aliphatic rings. The molecule has 0 aromatic heterocycles. The van der Waals surface area contributed by atoms with Gasteiger partial charge in [-0.1, -0.05) is 24.3 Å². The Morgan fingerprint density at radius 3 is 2.63 bits per heavy atom. The predicted octanol–water partition coefficient (Wildman–Crippen LogP) is 3.20. The van der Waals surface area contributed by atoms with Crippen LogP contribution in [0, 0.1) is 5.92 Å². The molecule has 104 valence electrons. The van der Waals surface area contributed by atoms with Crippen molar-refractivity contribution in [2.45, 2.75) is 57.0 Å². The number of hydrogen-bond donors (Lipinski definition) is 2. The van der Waals surface area contributed by atoms with E-state index >= 15 is 0 Å². The van der Waals surface area contributed by atoms with Crippen molar-refractivity contribution < 1.29 is 5.11 Å². The molecule has 2 N–H and O–H groups in total. The van der Waals surface area contributed by atoms with Gasteiger partial charge in [-0.25, -0.2) is 0 Å². The molecular formula is C17H25NO. The van der Waals surface area contributed by atoms with Crippen LogP contribution in [0.4, 0.5) is 0 Å². The number of aryl methyl sites for hydroxylation is 1. The monoisotopic (exact) mass is 259 g/mol. The van der Waals surface area contributed by atoms with E-state index < -0.39 is 0 Å². The molecule has 1 fully saturated rings. The number of aliphatic hydroxyl groups excluding tert-OH is 1. The van der Waals surface area contributed by atoms with E-state index in [1.54, 1.807) is 0 Å². The maximum Gasteiger partial charge on any atom is 0.0459 e. The summed E-state index contributed by atoms with van der Waals surface area (Å²) < 4.78 is 0. The van der Waals surface area contributed by atoms with Gasteiger partial charge in [0.2, 0.25) is 0 Å². The highest BCUT2D eigenvalue weighted by Crippen LogP contribution is 2.32. The summed E-state index contributed by atoms with van der Waals surface area (Å²) >= 11 is 0. The molecular weight excluding hydrogens is 234 g/mol. The largest absolute Gasteiger partial charge is 0.396 e. The first-order valence-corrected chi connectivity index (χ1v) is 7.81. The van der Waals surface area contributed by atoms with E-state index in [1.807, 2.05) is 0 Å². The summed E-state index contributed by atoms with van der Waals surface area (Å²) in [7, 11) is 0. The molecule has 1 saturated carbocycles. The lowest BCUT2D eigenvalue weighted by atomic mass is 9.83. The summed E-state index contributed by atoms with van der Waals surface area (Å²) in [5, 5.41) is 13.1. The number of hydrogen-bond acceptors (Lipinski definition) is 2. The van der Waals surface area contributed by atoms with E-state index in [9.17, 15) is 5.11 Å². The second-order valence-corrected chi connectivity index (χ2v) is 6.21. The highest BCUT2D eigenvalue weighted by Gasteiger charge is 2.25. The molecule has 0 amide bonds. The Bertz CT molecular complexity index is 409. The zero-order valence-corrected chi connectivity index (χ0v) is 11.6. The Morgan fingerprint density at radius 2 is 1.84 bits per heavy atom.